The lowest BCUT2D eigenvalue weighted by atomic mass is 10.1. The molecule has 3 rings (SSSR count). The van der Waals surface area contributed by atoms with Crippen LogP contribution in [0.25, 0.3) is 0 Å². The Kier molecular flexibility index (Phi) is 9.40. The number of hydrogen-bond donors (Lipinski definition) is 3. The fourth-order valence-electron chi connectivity index (χ4n) is 2.70. The summed E-state index contributed by atoms with van der Waals surface area (Å²) in [6.07, 6.45) is 1.48. The van der Waals surface area contributed by atoms with E-state index in [9.17, 15) is 4.79 Å². The van der Waals surface area contributed by atoms with Crippen LogP contribution in [0.1, 0.15) is 34.2 Å². The van der Waals surface area contributed by atoms with Crippen LogP contribution in [0.5, 0.6) is 0 Å². The van der Waals surface area contributed by atoms with E-state index in [0.29, 0.717) is 18.8 Å². The predicted molar refractivity (Wildman–Crippen MR) is 131 cm³/mol. The van der Waals surface area contributed by atoms with Crippen molar-refractivity contribution in [1.82, 2.24) is 10.6 Å². The second-order valence-corrected chi connectivity index (χ2v) is 6.66. The summed E-state index contributed by atoms with van der Waals surface area (Å²) < 4.78 is 5.10. The number of halogens is 1. The van der Waals surface area contributed by atoms with Gasteiger partial charge in [0.25, 0.3) is 5.91 Å². The van der Waals surface area contributed by atoms with Crippen molar-refractivity contribution in [3.8, 4) is 0 Å². The zero-order valence-corrected chi connectivity index (χ0v) is 19.5. The molecule has 1 heterocycles. The Balaban J connectivity index is 0.00000320. The Morgan fingerprint density at radius 3 is 2.30 bits per heavy atom. The molecule has 0 unspecified atom stereocenters. The number of anilines is 1. The van der Waals surface area contributed by atoms with E-state index < -0.39 is 0 Å². The Hall–Kier alpha value is -2.81. The fourth-order valence-corrected chi connectivity index (χ4v) is 2.70. The minimum atomic E-state index is -0.268. The summed E-state index contributed by atoms with van der Waals surface area (Å²) in [6, 6.07) is 19.4. The van der Waals surface area contributed by atoms with E-state index in [0.717, 1.165) is 18.1 Å². The number of aliphatic imine (C=N–C) groups is 1. The highest BCUT2D eigenvalue weighted by molar-refractivity contribution is 14.0. The van der Waals surface area contributed by atoms with E-state index in [-0.39, 0.29) is 35.6 Å². The van der Waals surface area contributed by atoms with Gasteiger partial charge >= 0.3 is 0 Å². The number of nitrogens with zero attached hydrogens (tertiary/aromatic N) is 1. The van der Waals surface area contributed by atoms with Gasteiger partial charge in [0.05, 0.1) is 12.8 Å². The molecular formula is C23H27IN4O2. The summed E-state index contributed by atoms with van der Waals surface area (Å²) >= 11 is 0. The molecular weight excluding hydrogens is 491 g/mol. The summed E-state index contributed by atoms with van der Waals surface area (Å²) in [5.74, 6) is 0.785. The predicted octanol–water partition coefficient (Wildman–Crippen LogP) is 4.71. The third-order valence-corrected chi connectivity index (χ3v) is 4.30. The van der Waals surface area contributed by atoms with Crippen molar-refractivity contribution < 1.29 is 9.21 Å². The molecule has 0 bridgehead atoms. The van der Waals surface area contributed by atoms with Crippen LogP contribution in [0, 0.1) is 6.92 Å². The van der Waals surface area contributed by atoms with Gasteiger partial charge in [-0.2, -0.15) is 0 Å². The smallest absolute Gasteiger partial charge is 0.291 e. The molecule has 0 aliphatic carbocycles. The van der Waals surface area contributed by atoms with E-state index in [4.69, 9.17) is 4.42 Å². The molecule has 158 valence electrons. The molecule has 1 aromatic heterocycles. The Labute approximate surface area is 194 Å². The molecule has 3 N–H and O–H groups in total. The lowest BCUT2D eigenvalue weighted by Gasteiger charge is -2.12. The van der Waals surface area contributed by atoms with Crippen molar-refractivity contribution in [2.45, 2.75) is 26.9 Å². The zero-order valence-electron chi connectivity index (χ0n) is 17.1. The Bertz CT molecular complexity index is 936. The first-order valence-corrected chi connectivity index (χ1v) is 9.65. The van der Waals surface area contributed by atoms with Crippen LogP contribution < -0.4 is 16.0 Å². The number of benzene rings is 2. The lowest BCUT2D eigenvalue weighted by Crippen LogP contribution is -2.36. The van der Waals surface area contributed by atoms with Crippen LogP contribution in [-0.2, 0) is 13.1 Å². The number of guanidine groups is 1. The third-order valence-electron chi connectivity index (χ3n) is 4.30. The molecule has 0 spiro atoms. The second kappa shape index (κ2) is 12.0. The third kappa shape index (κ3) is 7.22. The lowest BCUT2D eigenvalue weighted by molar-refractivity contribution is 0.0996. The minimum absolute atomic E-state index is 0. The van der Waals surface area contributed by atoms with Crippen LogP contribution >= 0.6 is 24.0 Å². The molecule has 6 nitrogen and oxygen atoms in total. The van der Waals surface area contributed by atoms with E-state index in [2.05, 4.69) is 52.1 Å². The van der Waals surface area contributed by atoms with Crippen molar-refractivity contribution in [2.24, 2.45) is 4.99 Å². The molecule has 0 aliphatic rings. The summed E-state index contributed by atoms with van der Waals surface area (Å²) in [6.45, 7) is 6.16. The van der Waals surface area contributed by atoms with Gasteiger partial charge in [-0.05, 0) is 49.2 Å². The number of amides is 1. The summed E-state index contributed by atoms with van der Waals surface area (Å²) in [5.41, 5.74) is 4.22. The first-order chi connectivity index (χ1) is 14.1. The molecule has 3 aromatic rings. The first kappa shape index (κ1) is 23.5. The normalized spacial score (nSPS) is 10.8. The fraction of sp³-hybridized carbons (Fsp3) is 0.217. The number of rotatable bonds is 7. The highest BCUT2D eigenvalue weighted by Gasteiger charge is 2.08. The molecule has 30 heavy (non-hydrogen) atoms. The van der Waals surface area contributed by atoms with E-state index in [1.807, 2.05) is 31.2 Å². The van der Waals surface area contributed by atoms with Gasteiger partial charge in [0, 0.05) is 18.8 Å². The van der Waals surface area contributed by atoms with Crippen LogP contribution in [0.3, 0.4) is 0 Å². The molecule has 1 amide bonds. The monoisotopic (exact) mass is 518 g/mol. The van der Waals surface area contributed by atoms with Crippen molar-refractivity contribution in [1.29, 1.82) is 0 Å². The van der Waals surface area contributed by atoms with Crippen molar-refractivity contribution >= 4 is 41.5 Å². The summed E-state index contributed by atoms with van der Waals surface area (Å²) in [4.78, 5) is 16.7. The van der Waals surface area contributed by atoms with Gasteiger partial charge in [-0.25, -0.2) is 4.99 Å². The zero-order chi connectivity index (χ0) is 20.5. The van der Waals surface area contributed by atoms with Gasteiger partial charge in [0.1, 0.15) is 0 Å². The second-order valence-electron chi connectivity index (χ2n) is 6.66. The number of nitrogens with one attached hydrogen (secondary N) is 3. The van der Waals surface area contributed by atoms with Crippen molar-refractivity contribution in [3.05, 3.63) is 89.4 Å². The maximum atomic E-state index is 12.0. The van der Waals surface area contributed by atoms with Gasteiger partial charge in [-0.3, -0.25) is 4.79 Å². The van der Waals surface area contributed by atoms with Crippen molar-refractivity contribution in [2.75, 3.05) is 11.9 Å². The van der Waals surface area contributed by atoms with E-state index in [1.165, 1.54) is 17.4 Å². The van der Waals surface area contributed by atoms with E-state index >= 15 is 0 Å². The highest BCUT2D eigenvalue weighted by Crippen LogP contribution is 2.12. The summed E-state index contributed by atoms with van der Waals surface area (Å²) in [7, 11) is 0. The number of hydrogen-bond acceptors (Lipinski definition) is 3. The maximum Gasteiger partial charge on any atom is 0.291 e. The number of furan rings is 1. The van der Waals surface area contributed by atoms with E-state index in [1.54, 1.807) is 12.1 Å². The Morgan fingerprint density at radius 1 is 0.967 bits per heavy atom. The van der Waals surface area contributed by atoms with Gasteiger partial charge in [0.15, 0.2) is 11.7 Å². The number of aryl methyl sites for hydroxylation is 1. The minimum Gasteiger partial charge on any atom is -0.459 e. The molecule has 0 saturated carbocycles. The standard InChI is InChI=1S/C23H26N4O2.HI/c1-3-24-23(25-15-18-8-6-17(2)7-9-18)26-16-19-10-12-20(13-11-19)27-22(28)21-5-4-14-29-21;/h4-14H,3,15-16H2,1-2H3,(H,27,28)(H2,24,25,26);1H. The molecule has 7 heteroatoms. The molecule has 0 saturated heterocycles. The van der Waals surface area contributed by atoms with Crippen LogP contribution in [0.4, 0.5) is 5.69 Å². The molecule has 0 fully saturated rings. The molecule has 0 radical (unpaired) electrons. The van der Waals surface area contributed by atoms with Crippen molar-refractivity contribution in [3.63, 3.8) is 0 Å². The quantitative estimate of drug-likeness (QED) is 0.241. The average molecular weight is 518 g/mol. The largest absolute Gasteiger partial charge is 0.459 e. The molecule has 0 aliphatic heterocycles. The average Bonchev–Trinajstić information content (AvgIpc) is 3.27. The number of carbonyl (C=O) groups is 1. The van der Waals surface area contributed by atoms with Crippen LogP contribution in [-0.4, -0.2) is 18.4 Å². The molecule has 0 atom stereocenters. The van der Waals surface area contributed by atoms with Gasteiger partial charge in [-0.1, -0.05) is 42.0 Å². The molecule has 2 aromatic carbocycles. The topological polar surface area (TPSA) is 78.7 Å². The van der Waals surface area contributed by atoms with Crippen LogP contribution in [0.2, 0.25) is 0 Å². The van der Waals surface area contributed by atoms with Gasteiger partial charge < -0.3 is 20.4 Å². The highest BCUT2D eigenvalue weighted by atomic mass is 127. The maximum absolute atomic E-state index is 12.0. The SMILES string of the molecule is CCNC(=NCc1ccc(NC(=O)c2ccco2)cc1)NCc1ccc(C)cc1.I. The van der Waals surface area contributed by atoms with Gasteiger partial charge in [-0.15, -0.1) is 24.0 Å². The summed E-state index contributed by atoms with van der Waals surface area (Å²) in [5, 5.41) is 9.42. The Morgan fingerprint density at radius 2 is 1.67 bits per heavy atom. The van der Waals surface area contributed by atoms with Gasteiger partial charge in [0.2, 0.25) is 0 Å². The van der Waals surface area contributed by atoms with Crippen LogP contribution in [0.15, 0.2) is 76.3 Å². The first-order valence-electron chi connectivity index (χ1n) is 9.65. The number of carbonyl (C=O) groups excluding carboxylic acids is 1.